The quantitative estimate of drug-likeness (QED) is 0.813. The zero-order valence-corrected chi connectivity index (χ0v) is 14.0. The summed E-state index contributed by atoms with van der Waals surface area (Å²) in [5.74, 6) is 0.624. The number of amides is 1. The number of ether oxygens (including phenoxy) is 1. The average molecular weight is 292 g/mol. The lowest BCUT2D eigenvalue weighted by Crippen LogP contribution is -2.27. The Morgan fingerprint density at radius 1 is 1.14 bits per heavy atom. The average Bonchev–Trinajstić information content (AvgIpc) is 2.27. The summed E-state index contributed by atoms with van der Waals surface area (Å²) in [5, 5.41) is 6.24. The highest BCUT2D eigenvalue weighted by atomic mass is 16.6. The third-order valence-corrected chi connectivity index (χ3v) is 2.79. The van der Waals surface area contributed by atoms with E-state index in [1.807, 2.05) is 45.0 Å². The number of hydrogen-bond donors (Lipinski definition) is 2. The maximum atomic E-state index is 11.9. The number of hydrogen-bond acceptors (Lipinski definition) is 3. The van der Waals surface area contributed by atoms with E-state index in [0.29, 0.717) is 12.0 Å². The number of carbonyl (C=O) groups excluding carboxylic acids is 1. The number of benzene rings is 1. The summed E-state index contributed by atoms with van der Waals surface area (Å²) in [6.07, 6.45) is 0.633. The van der Waals surface area contributed by atoms with Gasteiger partial charge in [-0.25, -0.2) is 4.79 Å². The topological polar surface area (TPSA) is 50.4 Å². The van der Waals surface area contributed by atoms with Crippen molar-refractivity contribution in [3.63, 3.8) is 0 Å². The molecule has 0 fully saturated rings. The number of rotatable bonds is 5. The van der Waals surface area contributed by atoms with Gasteiger partial charge in [0.1, 0.15) is 5.60 Å². The Bertz CT molecular complexity index is 464. The predicted octanol–water partition coefficient (Wildman–Crippen LogP) is 4.88. The van der Waals surface area contributed by atoms with Crippen molar-refractivity contribution in [3.8, 4) is 0 Å². The first kappa shape index (κ1) is 17.3. The van der Waals surface area contributed by atoms with Crippen molar-refractivity contribution in [1.82, 2.24) is 0 Å². The fourth-order valence-electron chi connectivity index (χ4n) is 2.16. The van der Waals surface area contributed by atoms with E-state index in [2.05, 4.69) is 31.4 Å². The first-order valence-electron chi connectivity index (χ1n) is 7.53. The van der Waals surface area contributed by atoms with Crippen molar-refractivity contribution >= 4 is 17.5 Å². The molecule has 0 aliphatic carbocycles. The summed E-state index contributed by atoms with van der Waals surface area (Å²) >= 11 is 0. The van der Waals surface area contributed by atoms with E-state index in [0.717, 1.165) is 17.8 Å². The Labute approximate surface area is 128 Å². The van der Waals surface area contributed by atoms with Gasteiger partial charge in [-0.2, -0.15) is 0 Å². The minimum Gasteiger partial charge on any atom is -0.444 e. The van der Waals surface area contributed by atoms with Gasteiger partial charge < -0.3 is 10.1 Å². The van der Waals surface area contributed by atoms with E-state index >= 15 is 0 Å². The summed E-state index contributed by atoms with van der Waals surface area (Å²) in [5.41, 5.74) is 1.15. The molecule has 0 radical (unpaired) electrons. The molecular weight excluding hydrogens is 264 g/mol. The molecule has 0 saturated carbocycles. The molecule has 4 heteroatoms. The van der Waals surface area contributed by atoms with Gasteiger partial charge in [-0.3, -0.25) is 5.32 Å². The Balaban J connectivity index is 2.73. The zero-order chi connectivity index (χ0) is 16.0. The Hall–Kier alpha value is -1.71. The number of anilines is 2. The molecule has 1 rings (SSSR count). The minimum absolute atomic E-state index is 0.339. The number of para-hydroxylation sites is 2. The van der Waals surface area contributed by atoms with Crippen LogP contribution < -0.4 is 10.6 Å². The van der Waals surface area contributed by atoms with Crippen molar-refractivity contribution in [2.45, 2.75) is 59.6 Å². The molecule has 0 saturated heterocycles. The molecule has 1 aromatic carbocycles. The van der Waals surface area contributed by atoms with Crippen molar-refractivity contribution in [2.24, 2.45) is 5.92 Å². The maximum Gasteiger partial charge on any atom is 0.412 e. The summed E-state index contributed by atoms with van der Waals surface area (Å²) in [4.78, 5) is 11.9. The zero-order valence-electron chi connectivity index (χ0n) is 14.0. The molecule has 0 aliphatic heterocycles. The largest absolute Gasteiger partial charge is 0.444 e. The molecule has 4 nitrogen and oxygen atoms in total. The fraction of sp³-hybridized carbons (Fsp3) is 0.588. The second-order valence-corrected chi connectivity index (χ2v) is 6.85. The van der Waals surface area contributed by atoms with E-state index in [1.54, 1.807) is 0 Å². The highest BCUT2D eigenvalue weighted by Crippen LogP contribution is 2.23. The first-order chi connectivity index (χ1) is 9.67. The first-order valence-corrected chi connectivity index (χ1v) is 7.53. The summed E-state index contributed by atoms with van der Waals surface area (Å²) < 4.78 is 5.29. The Kier molecular flexibility index (Phi) is 6.06. The van der Waals surface area contributed by atoms with Crippen LogP contribution in [0.2, 0.25) is 0 Å². The lowest BCUT2D eigenvalue weighted by Gasteiger charge is -2.22. The van der Waals surface area contributed by atoms with Crippen LogP contribution >= 0.6 is 0 Å². The van der Waals surface area contributed by atoms with Crippen molar-refractivity contribution < 1.29 is 9.53 Å². The van der Waals surface area contributed by atoms with E-state index in [9.17, 15) is 4.79 Å². The molecule has 1 unspecified atom stereocenters. The van der Waals surface area contributed by atoms with Crippen LogP contribution in [-0.4, -0.2) is 17.7 Å². The number of nitrogens with one attached hydrogen (secondary N) is 2. The molecular formula is C17H28N2O2. The van der Waals surface area contributed by atoms with E-state index in [1.165, 1.54) is 0 Å². The lowest BCUT2D eigenvalue weighted by atomic mass is 10.0. The van der Waals surface area contributed by atoms with Gasteiger partial charge in [-0.15, -0.1) is 0 Å². The third-order valence-electron chi connectivity index (χ3n) is 2.79. The molecule has 0 spiro atoms. The highest BCUT2D eigenvalue weighted by molar-refractivity contribution is 5.89. The summed E-state index contributed by atoms with van der Waals surface area (Å²) in [6, 6.07) is 8.01. The minimum atomic E-state index is -0.503. The molecule has 0 aliphatic rings. The number of carbonyl (C=O) groups is 1. The standard InChI is InChI=1S/C17H28N2O2/c1-12(2)11-13(3)18-14-9-7-8-10-15(14)19-16(20)21-17(4,5)6/h7-10,12-13,18H,11H2,1-6H3,(H,19,20). The van der Waals surface area contributed by atoms with Crippen molar-refractivity contribution in [1.29, 1.82) is 0 Å². The van der Waals surface area contributed by atoms with Gasteiger partial charge in [0.05, 0.1) is 11.4 Å². The second-order valence-electron chi connectivity index (χ2n) is 6.85. The van der Waals surface area contributed by atoms with Crippen LogP contribution in [0.3, 0.4) is 0 Å². The van der Waals surface area contributed by atoms with Crippen LogP contribution in [0.4, 0.5) is 16.2 Å². The van der Waals surface area contributed by atoms with Gasteiger partial charge in [0.25, 0.3) is 0 Å². The van der Waals surface area contributed by atoms with Crippen LogP contribution in [0.25, 0.3) is 0 Å². The predicted molar refractivity (Wildman–Crippen MR) is 88.8 cm³/mol. The normalized spacial score (nSPS) is 12.9. The molecule has 1 amide bonds. The van der Waals surface area contributed by atoms with Crippen LogP contribution in [0.1, 0.15) is 48.0 Å². The maximum absolute atomic E-state index is 11.9. The van der Waals surface area contributed by atoms with Crippen LogP contribution in [0, 0.1) is 5.92 Å². The second kappa shape index (κ2) is 7.34. The van der Waals surface area contributed by atoms with E-state index < -0.39 is 11.7 Å². The third kappa shape index (κ3) is 7.02. The van der Waals surface area contributed by atoms with Gasteiger partial charge in [0, 0.05) is 6.04 Å². The van der Waals surface area contributed by atoms with Gasteiger partial charge in [-0.05, 0) is 52.2 Å². The molecule has 0 heterocycles. The van der Waals surface area contributed by atoms with Gasteiger partial charge in [0.15, 0.2) is 0 Å². The molecule has 1 aromatic rings. The molecule has 0 aromatic heterocycles. The van der Waals surface area contributed by atoms with Crippen LogP contribution in [0.15, 0.2) is 24.3 Å². The lowest BCUT2D eigenvalue weighted by molar-refractivity contribution is 0.0636. The van der Waals surface area contributed by atoms with Gasteiger partial charge in [-0.1, -0.05) is 26.0 Å². The highest BCUT2D eigenvalue weighted by Gasteiger charge is 2.17. The van der Waals surface area contributed by atoms with Crippen molar-refractivity contribution in [3.05, 3.63) is 24.3 Å². The molecule has 2 N–H and O–H groups in total. The Morgan fingerprint density at radius 3 is 2.24 bits per heavy atom. The molecule has 1 atom stereocenters. The Morgan fingerprint density at radius 2 is 1.71 bits per heavy atom. The van der Waals surface area contributed by atoms with E-state index in [-0.39, 0.29) is 0 Å². The fourth-order valence-corrected chi connectivity index (χ4v) is 2.16. The molecule has 21 heavy (non-hydrogen) atoms. The van der Waals surface area contributed by atoms with Gasteiger partial charge in [0.2, 0.25) is 0 Å². The van der Waals surface area contributed by atoms with Crippen LogP contribution in [0.5, 0.6) is 0 Å². The monoisotopic (exact) mass is 292 g/mol. The molecule has 118 valence electrons. The van der Waals surface area contributed by atoms with Gasteiger partial charge >= 0.3 is 6.09 Å². The van der Waals surface area contributed by atoms with Crippen LogP contribution in [-0.2, 0) is 4.74 Å². The summed E-state index contributed by atoms with van der Waals surface area (Å²) in [6.45, 7) is 12.1. The van der Waals surface area contributed by atoms with Crippen molar-refractivity contribution in [2.75, 3.05) is 10.6 Å². The smallest absolute Gasteiger partial charge is 0.412 e. The van der Waals surface area contributed by atoms with E-state index in [4.69, 9.17) is 4.74 Å². The molecule has 0 bridgehead atoms. The summed E-state index contributed by atoms with van der Waals surface area (Å²) in [7, 11) is 0. The SMILES string of the molecule is CC(C)CC(C)Nc1ccccc1NC(=O)OC(C)(C)C.